The number of hydrogen-bond acceptors (Lipinski definition) is 2. The fraction of sp³-hybridized carbons (Fsp3) is 0.929. The van der Waals surface area contributed by atoms with Crippen LogP contribution >= 0.6 is 12.4 Å². The fourth-order valence-corrected chi connectivity index (χ4v) is 3.45. The van der Waals surface area contributed by atoms with E-state index >= 15 is 0 Å². The van der Waals surface area contributed by atoms with Crippen LogP contribution in [-0.2, 0) is 4.79 Å². The molecule has 4 heteroatoms. The van der Waals surface area contributed by atoms with Crippen molar-refractivity contribution in [3.05, 3.63) is 0 Å². The maximum absolute atomic E-state index is 12.1. The fourth-order valence-electron chi connectivity index (χ4n) is 3.45. The Labute approximate surface area is 117 Å². The van der Waals surface area contributed by atoms with Gasteiger partial charge in [-0.15, -0.1) is 12.4 Å². The number of rotatable bonds is 3. The number of carbonyl (C=O) groups is 1. The topological polar surface area (TPSA) is 55.1 Å². The highest BCUT2D eigenvalue weighted by Crippen LogP contribution is 2.41. The third-order valence-electron chi connectivity index (χ3n) is 4.47. The van der Waals surface area contributed by atoms with Crippen molar-refractivity contribution in [3.63, 3.8) is 0 Å². The van der Waals surface area contributed by atoms with E-state index in [2.05, 4.69) is 19.2 Å². The van der Waals surface area contributed by atoms with Crippen LogP contribution in [0.25, 0.3) is 0 Å². The zero-order valence-corrected chi connectivity index (χ0v) is 12.3. The summed E-state index contributed by atoms with van der Waals surface area (Å²) in [6.07, 6.45) is 5.80. The first kappa shape index (κ1) is 15.8. The largest absolute Gasteiger partial charge is 0.356 e. The smallest absolute Gasteiger partial charge is 0.223 e. The molecule has 2 bridgehead atoms. The molecular weight excluding hydrogens is 248 g/mol. The number of hydrogen-bond donors (Lipinski definition) is 2. The highest BCUT2D eigenvalue weighted by Gasteiger charge is 2.40. The van der Waals surface area contributed by atoms with Crippen molar-refractivity contribution in [2.24, 2.45) is 29.4 Å². The van der Waals surface area contributed by atoms with Crippen molar-refractivity contribution in [2.75, 3.05) is 6.54 Å². The Morgan fingerprint density at radius 3 is 2.33 bits per heavy atom. The van der Waals surface area contributed by atoms with Crippen LogP contribution in [-0.4, -0.2) is 18.5 Å². The second kappa shape index (κ2) is 6.76. The van der Waals surface area contributed by atoms with Gasteiger partial charge in [-0.25, -0.2) is 0 Å². The molecule has 2 unspecified atom stereocenters. The van der Waals surface area contributed by atoms with Gasteiger partial charge in [0.05, 0.1) is 0 Å². The van der Waals surface area contributed by atoms with Gasteiger partial charge in [0.2, 0.25) is 5.91 Å². The molecule has 2 fully saturated rings. The number of nitrogens with two attached hydrogens (primary N) is 1. The molecule has 3 N–H and O–H groups in total. The molecule has 2 aliphatic rings. The van der Waals surface area contributed by atoms with Gasteiger partial charge < -0.3 is 11.1 Å². The van der Waals surface area contributed by atoms with E-state index in [0.29, 0.717) is 23.8 Å². The van der Waals surface area contributed by atoms with Crippen molar-refractivity contribution in [3.8, 4) is 0 Å². The number of amides is 1. The summed E-state index contributed by atoms with van der Waals surface area (Å²) >= 11 is 0. The Hall–Kier alpha value is -0.280. The average Bonchev–Trinajstić information content (AvgIpc) is 2.25. The van der Waals surface area contributed by atoms with Crippen LogP contribution in [0.5, 0.6) is 0 Å². The predicted octanol–water partition coefficient (Wildman–Crippen LogP) is 2.33. The second-order valence-electron chi connectivity index (χ2n) is 6.34. The minimum absolute atomic E-state index is 0. The summed E-state index contributed by atoms with van der Waals surface area (Å²) in [6, 6.07) is 0.359. The van der Waals surface area contributed by atoms with E-state index in [1.165, 1.54) is 19.3 Å². The number of nitrogens with one attached hydrogen (secondary N) is 1. The first-order chi connectivity index (χ1) is 8.08. The van der Waals surface area contributed by atoms with E-state index in [0.717, 1.165) is 19.4 Å². The standard InChI is InChI=1S/C14H26N2O.ClH/c1-9(2)8-16-14(17)12-6-10-4-3-5-11(7-12)13(10)15;/h9-13H,3-8,15H2,1-2H3,(H,16,17);1H. The lowest BCUT2D eigenvalue weighted by atomic mass is 9.65. The van der Waals surface area contributed by atoms with Crippen LogP contribution in [0.3, 0.4) is 0 Å². The number of fused-ring (bicyclic) bond motifs is 2. The molecule has 0 aliphatic heterocycles. The molecule has 106 valence electrons. The Balaban J connectivity index is 0.00000162. The Morgan fingerprint density at radius 2 is 1.83 bits per heavy atom. The summed E-state index contributed by atoms with van der Waals surface area (Å²) in [5.41, 5.74) is 6.24. The Morgan fingerprint density at radius 1 is 1.28 bits per heavy atom. The molecule has 1 amide bonds. The van der Waals surface area contributed by atoms with Gasteiger partial charge in [0.15, 0.2) is 0 Å². The number of halogens is 1. The summed E-state index contributed by atoms with van der Waals surface area (Å²) in [5.74, 6) is 2.21. The number of carbonyl (C=O) groups excluding carboxylic acids is 1. The van der Waals surface area contributed by atoms with E-state index < -0.39 is 0 Å². The molecule has 18 heavy (non-hydrogen) atoms. The molecule has 0 aromatic heterocycles. The molecule has 3 nitrogen and oxygen atoms in total. The zero-order chi connectivity index (χ0) is 12.4. The molecule has 2 rings (SSSR count). The third kappa shape index (κ3) is 3.61. The van der Waals surface area contributed by atoms with Crippen LogP contribution in [0.15, 0.2) is 0 Å². The second-order valence-corrected chi connectivity index (χ2v) is 6.34. The monoisotopic (exact) mass is 274 g/mol. The molecule has 0 aromatic rings. The van der Waals surface area contributed by atoms with E-state index in [-0.39, 0.29) is 24.2 Å². The molecule has 0 aromatic carbocycles. The van der Waals surface area contributed by atoms with Gasteiger partial charge in [0.25, 0.3) is 0 Å². The van der Waals surface area contributed by atoms with Gasteiger partial charge in [-0.3, -0.25) is 4.79 Å². The van der Waals surface area contributed by atoms with Crippen LogP contribution in [0.4, 0.5) is 0 Å². The van der Waals surface area contributed by atoms with Gasteiger partial charge in [0, 0.05) is 18.5 Å². The first-order valence-corrected chi connectivity index (χ1v) is 7.11. The van der Waals surface area contributed by atoms with Crippen LogP contribution < -0.4 is 11.1 Å². The van der Waals surface area contributed by atoms with E-state index in [4.69, 9.17) is 5.73 Å². The minimum atomic E-state index is 0. The quantitative estimate of drug-likeness (QED) is 0.830. The van der Waals surface area contributed by atoms with Crippen LogP contribution in [0, 0.1) is 23.7 Å². The van der Waals surface area contributed by atoms with Gasteiger partial charge in [-0.05, 0) is 43.4 Å². The normalized spacial score (nSPS) is 34.9. The third-order valence-corrected chi connectivity index (χ3v) is 4.47. The molecule has 2 atom stereocenters. The van der Waals surface area contributed by atoms with Crippen molar-refractivity contribution in [1.82, 2.24) is 5.32 Å². The van der Waals surface area contributed by atoms with E-state index in [1.807, 2.05) is 0 Å². The molecule has 0 saturated heterocycles. The molecule has 0 spiro atoms. The maximum Gasteiger partial charge on any atom is 0.223 e. The van der Waals surface area contributed by atoms with E-state index in [1.54, 1.807) is 0 Å². The summed E-state index contributed by atoms with van der Waals surface area (Å²) in [5, 5.41) is 3.08. The lowest BCUT2D eigenvalue weighted by Crippen LogP contribution is -2.49. The SMILES string of the molecule is CC(C)CNC(=O)C1CC2CCCC(C1)C2N.Cl. The van der Waals surface area contributed by atoms with Crippen molar-refractivity contribution in [2.45, 2.75) is 52.0 Å². The van der Waals surface area contributed by atoms with Crippen molar-refractivity contribution >= 4 is 18.3 Å². The van der Waals surface area contributed by atoms with E-state index in [9.17, 15) is 4.79 Å². The van der Waals surface area contributed by atoms with Gasteiger partial charge in [0.1, 0.15) is 0 Å². The maximum atomic E-state index is 12.1. The lowest BCUT2D eigenvalue weighted by Gasteiger charge is -2.43. The zero-order valence-electron chi connectivity index (χ0n) is 11.5. The average molecular weight is 275 g/mol. The molecule has 0 heterocycles. The van der Waals surface area contributed by atoms with Gasteiger partial charge >= 0.3 is 0 Å². The minimum Gasteiger partial charge on any atom is -0.356 e. The summed E-state index contributed by atoms with van der Waals surface area (Å²) in [6.45, 7) is 5.06. The molecule has 2 aliphatic carbocycles. The molecule has 2 saturated carbocycles. The van der Waals surface area contributed by atoms with Crippen molar-refractivity contribution < 1.29 is 4.79 Å². The molecular formula is C14H27ClN2O. The predicted molar refractivity (Wildman–Crippen MR) is 76.6 cm³/mol. The summed E-state index contributed by atoms with van der Waals surface area (Å²) < 4.78 is 0. The van der Waals surface area contributed by atoms with Gasteiger partial charge in [-0.1, -0.05) is 20.3 Å². The molecule has 0 radical (unpaired) electrons. The highest BCUT2D eigenvalue weighted by molar-refractivity contribution is 5.85. The summed E-state index contributed by atoms with van der Waals surface area (Å²) in [4.78, 5) is 12.1. The van der Waals surface area contributed by atoms with Crippen LogP contribution in [0.2, 0.25) is 0 Å². The van der Waals surface area contributed by atoms with Gasteiger partial charge in [-0.2, -0.15) is 0 Å². The van der Waals surface area contributed by atoms with Crippen LogP contribution in [0.1, 0.15) is 46.0 Å². The summed E-state index contributed by atoms with van der Waals surface area (Å²) in [7, 11) is 0. The highest BCUT2D eigenvalue weighted by atomic mass is 35.5. The Bertz CT molecular complexity index is 269. The lowest BCUT2D eigenvalue weighted by molar-refractivity contribution is -0.128. The van der Waals surface area contributed by atoms with Crippen molar-refractivity contribution in [1.29, 1.82) is 0 Å². The Kier molecular flexibility index (Phi) is 5.93. The first-order valence-electron chi connectivity index (χ1n) is 7.11.